The smallest absolute Gasteiger partial charge is 0.475 e. The molecule has 4 heterocycles. The van der Waals surface area contributed by atoms with Crippen molar-refractivity contribution in [2.45, 2.75) is 26.1 Å². The van der Waals surface area contributed by atoms with Gasteiger partial charge in [-0.1, -0.05) is 18.2 Å². The van der Waals surface area contributed by atoms with Crippen LogP contribution in [0.2, 0.25) is 0 Å². The molecule has 0 atom stereocenters. The minimum atomic E-state index is -5.08. The summed E-state index contributed by atoms with van der Waals surface area (Å²) in [4.78, 5) is 35.7. The Morgan fingerprint density at radius 3 is 2.14 bits per heavy atom. The largest absolute Gasteiger partial charge is 0.490 e. The van der Waals surface area contributed by atoms with Crippen LogP contribution in [0, 0.1) is 0 Å². The molecule has 0 spiro atoms. The highest BCUT2D eigenvalue weighted by molar-refractivity contribution is 6.11. The number of aliphatic carboxylic acids is 1. The highest BCUT2D eigenvalue weighted by Gasteiger charge is 2.38. The van der Waals surface area contributed by atoms with Crippen molar-refractivity contribution in [2.75, 3.05) is 33.2 Å². The predicted molar refractivity (Wildman–Crippen MR) is 132 cm³/mol. The number of likely N-dealkylation sites (N-methyl/N-ethyl adjacent to an activating group) is 1. The van der Waals surface area contributed by atoms with Gasteiger partial charge in [0, 0.05) is 50.0 Å². The number of nitrogens with zero attached hydrogens (tertiary/aromatic N) is 6. The Hall–Kier alpha value is -3.93. The van der Waals surface area contributed by atoms with E-state index in [0.29, 0.717) is 11.6 Å². The molecule has 1 amide bonds. The van der Waals surface area contributed by atoms with Gasteiger partial charge in [0.2, 0.25) is 5.95 Å². The van der Waals surface area contributed by atoms with E-state index in [1.165, 1.54) is 0 Å². The van der Waals surface area contributed by atoms with Crippen LogP contribution in [0.3, 0.4) is 0 Å². The Kier molecular flexibility index (Phi) is 7.21. The van der Waals surface area contributed by atoms with Crippen LogP contribution < -0.4 is 0 Å². The standard InChI is InChI=1S/C23H26N6O.C2HF3O2/c1-16(2)28-18-8-5-4-7-17(18)21-19(28)15-20(29(21)23-24-9-6-10-25-23)22(30)27-13-11-26(3)12-14-27;3-2(4,5)1(6)7/h4-10,15-16H,11-14H2,1-3H3;(H,6,7). The number of hydrogen-bond donors (Lipinski definition) is 1. The van der Waals surface area contributed by atoms with Crippen LogP contribution in [-0.2, 0) is 4.79 Å². The molecule has 3 aromatic heterocycles. The molecule has 1 fully saturated rings. The zero-order valence-electron chi connectivity index (χ0n) is 20.6. The second-order valence-electron chi connectivity index (χ2n) is 9.03. The van der Waals surface area contributed by atoms with Gasteiger partial charge in [0.05, 0.1) is 16.6 Å². The molecule has 1 N–H and O–H groups in total. The molecule has 1 aromatic carbocycles. The number of aromatic nitrogens is 4. The summed E-state index contributed by atoms with van der Waals surface area (Å²) in [6, 6.07) is 12.4. The zero-order valence-corrected chi connectivity index (χ0v) is 20.6. The van der Waals surface area contributed by atoms with E-state index in [0.717, 1.165) is 48.1 Å². The predicted octanol–water partition coefficient (Wildman–Crippen LogP) is 3.98. The number of carboxylic acids is 1. The maximum Gasteiger partial charge on any atom is 0.490 e. The molecule has 4 aromatic rings. The summed E-state index contributed by atoms with van der Waals surface area (Å²) in [7, 11) is 2.09. The molecule has 5 rings (SSSR count). The Morgan fingerprint density at radius 2 is 1.57 bits per heavy atom. The first kappa shape index (κ1) is 26.1. The summed E-state index contributed by atoms with van der Waals surface area (Å²) in [5, 5.41) is 8.23. The molecule has 0 unspecified atom stereocenters. The average molecular weight is 517 g/mol. The number of piperazine rings is 1. The van der Waals surface area contributed by atoms with Crippen molar-refractivity contribution in [3.63, 3.8) is 0 Å². The van der Waals surface area contributed by atoms with Crippen LogP contribution in [0.5, 0.6) is 0 Å². The Balaban J connectivity index is 0.000000405. The van der Waals surface area contributed by atoms with Crippen LogP contribution in [-0.4, -0.2) is 85.3 Å². The number of alkyl halides is 3. The van der Waals surface area contributed by atoms with Gasteiger partial charge in [0.25, 0.3) is 5.91 Å². The van der Waals surface area contributed by atoms with Crippen LogP contribution in [0.25, 0.3) is 27.9 Å². The van der Waals surface area contributed by atoms with E-state index >= 15 is 0 Å². The van der Waals surface area contributed by atoms with E-state index in [1.54, 1.807) is 18.5 Å². The SMILES string of the molecule is CC(C)n1c2ccccc2c2c1cc(C(=O)N1CCN(C)CC1)n2-c1ncccn1.O=C(O)C(F)(F)F. The molecule has 0 radical (unpaired) electrons. The van der Waals surface area contributed by atoms with Gasteiger partial charge in [-0.15, -0.1) is 0 Å². The third-order valence-corrected chi connectivity index (χ3v) is 6.18. The summed E-state index contributed by atoms with van der Waals surface area (Å²) in [6.45, 7) is 7.56. The van der Waals surface area contributed by atoms with Crippen molar-refractivity contribution in [1.82, 2.24) is 28.9 Å². The number of para-hydroxylation sites is 1. The fraction of sp³-hybridized carbons (Fsp3) is 0.360. The minimum Gasteiger partial charge on any atom is -0.475 e. The molecule has 0 saturated carbocycles. The number of halogens is 3. The van der Waals surface area contributed by atoms with E-state index < -0.39 is 12.1 Å². The lowest BCUT2D eigenvalue weighted by Gasteiger charge is -2.32. The lowest BCUT2D eigenvalue weighted by Crippen LogP contribution is -2.47. The number of hydrogen-bond acceptors (Lipinski definition) is 5. The van der Waals surface area contributed by atoms with Gasteiger partial charge in [0.15, 0.2) is 0 Å². The highest BCUT2D eigenvalue weighted by atomic mass is 19.4. The van der Waals surface area contributed by atoms with Gasteiger partial charge >= 0.3 is 12.1 Å². The number of amides is 1. The lowest BCUT2D eigenvalue weighted by atomic mass is 10.2. The van der Waals surface area contributed by atoms with Crippen LogP contribution >= 0.6 is 0 Å². The van der Waals surface area contributed by atoms with E-state index in [4.69, 9.17) is 9.90 Å². The van der Waals surface area contributed by atoms with E-state index in [-0.39, 0.29) is 11.9 Å². The fourth-order valence-corrected chi connectivity index (χ4v) is 4.45. The maximum atomic E-state index is 13.6. The molecule has 37 heavy (non-hydrogen) atoms. The van der Waals surface area contributed by atoms with E-state index in [9.17, 15) is 18.0 Å². The number of fused-ring (bicyclic) bond motifs is 3. The maximum absolute atomic E-state index is 13.6. The van der Waals surface area contributed by atoms with Gasteiger partial charge in [0.1, 0.15) is 5.69 Å². The van der Waals surface area contributed by atoms with Crippen molar-refractivity contribution in [3.05, 3.63) is 54.5 Å². The van der Waals surface area contributed by atoms with E-state index in [1.807, 2.05) is 21.6 Å². The van der Waals surface area contributed by atoms with Crippen molar-refractivity contribution in [1.29, 1.82) is 0 Å². The van der Waals surface area contributed by atoms with Crippen LogP contribution in [0.15, 0.2) is 48.8 Å². The third kappa shape index (κ3) is 5.15. The van der Waals surface area contributed by atoms with Crippen molar-refractivity contribution in [3.8, 4) is 5.95 Å². The van der Waals surface area contributed by atoms with Crippen molar-refractivity contribution in [2.24, 2.45) is 0 Å². The fourth-order valence-electron chi connectivity index (χ4n) is 4.45. The van der Waals surface area contributed by atoms with Gasteiger partial charge in [-0.05, 0) is 39.1 Å². The molecule has 12 heteroatoms. The minimum absolute atomic E-state index is 0.0335. The molecule has 0 bridgehead atoms. The van der Waals surface area contributed by atoms with Crippen LogP contribution in [0.1, 0.15) is 30.4 Å². The molecular formula is C25H27F3N6O3. The molecule has 0 aliphatic carbocycles. The van der Waals surface area contributed by atoms with Crippen molar-refractivity contribution >= 4 is 33.8 Å². The van der Waals surface area contributed by atoms with Gasteiger partial charge in [-0.2, -0.15) is 13.2 Å². The number of carboxylic acid groups (broad SMARTS) is 1. The summed E-state index contributed by atoms with van der Waals surface area (Å²) < 4.78 is 36.0. The molecule has 196 valence electrons. The van der Waals surface area contributed by atoms with Gasteiger partial charge in [-0.25, -0.2) is 14.8 Å². The number of rotatable bonds is 3. The Bertz CT molecular complexity index is 1420. The van der Waals surface area contributed by atoms with Crippen molar-refractivity contribution < 1.29 is 27.9 Å². The molecule has 9 nitrogen and oxygen atoms in total. The summed E-state index contributed by atoms with van der Waals surface area (Å²) in [5.41, 5.74) is 3.80. The second kappa shape index (κ2) is 10.2. The highest BCUT2D eigenvalue weighted by Crippen LogP contribution is 2.35. The van der Waals surface area contributed by atoms with Crippen LogP contribution in [0.4, 0.5) is 13.2 Å². The first-order valence-corrected chi connectivity index (χ1v) is 11.7. The normalized spacial score (nSPS) is 14.7. The van der Waals surface area contributed by atoms with Gasteiger partial charge < -0.3 is 19.5 Å². The topological polar surface area (TPSA) is 96.5 Å². The summed E-state index contributed by atoms with van der Waals surface area (Å²) in [6.07, 6.45) is -1.64. The summed E-state index contributed by atoms with van der Waals surface area (Å²) in [5.74, 6) is -2.20. The molecular weight excluding hydrogens is 489 g/mol. The van der Waals surface area contributed by atoms with Gasteiger partial charge in [-0.3, -0.25) is 9.36 Å². The monoisotopic (exact) mass is 516 g/mol. The number of benzene rings is 1. The van der Waals surface area contributed by atoms with E-state index in [2.05, 4.69) is 58.5 Å². The lowest BCUT2D eigenvalue weighted by molar-refractivity contribution is -0.192. The Morgan fingerprint density at radius 1 is 0.973 bits per heavy atom. The first-order valence-electron chi connectivity index (χ1n) is 11.7. The second-order valence-corrected chi connectivity index (χ2v) is 9.03. The summed E-state index contributed by atoms with van der Waals surface area (Å²) >= 11 is 0. The molecule has 1 aliphatic rings. The average Bonchev–Trinajstić information content (AvgIpc) is 3.39. The Labute approximate surface area is 210 Å². The molecule has 1 saturated heterocycles. The molecule has 1 aliphatic heterocycles. The number of carbonyl (C=O) groups is 2. The first-order chi connectivity index (χ1) is 17.5. The zero-order chi connectivity index (χ0) is 26.9. The quantitative estimate of drug-likeness (QED) is 0.443. The third-order valence-electron chi connectivity index (χ3n) is 6.18. The number of carbonyl (C=O) groups excluding carboxylic acids is 1.